The lowest BCUT2D eigenvalue weighted by Gasteiger charge is -2.46. The second kappa shape index (κ2) is 14.2. The average Bonchev–Trinajstić information content (AvgIpc) is 3.52. The zero-order valence-electron chi connectivity index (χ0n) is 26.0. The van der Waals surface area contributed by atoms with Gasteiger partial charge in [0.05, 0.1) is 30.5 Å². The van der Waals surface area contributed by atoms with Crippen LogP contribution in [0.15, 0.2) is 42.6 Å². The van der Waals surface area contributed by atoms with Crippen molar-refractivity contribution < 1.29 is 56.3 Å². The number of rotatable bonds is 8. The van der Waals surface area contributed by atoms with Gasteiger partial charge in [-0.1, -0.05) is 36.3 Å². The Kier molecular flexibility index (Phi) is 10.5. The fourth-order valence-electron chi connectivity index (χ4n) is 6.36. The molecule has 11 nitrogen and oxygen atoms in total. The molecule has 1 aromatic heterocycles. The van der Waals surface area contributed by atoms with Crippen LogP contribution >= 0.6 is 0 Å². The number of ether oxygens (including phenoxy) is 2. The van der Waals surface area contributed by atoms with Crippen LogP contribution in [0.25, 0.3) is 11.3 Å². The third-order valence-corrected chi connectivity index (χ3v) is 8.85. The molecule has 3 aromatic rings. The summed E-state index contributed by atoms with van der Waals surface area (Å²) in [6.07, 6.45) is -9.63. The number of hydrogen-bond donors (Lipinski definition) is 3. The van der Waals surface area contributed by atoms with Crippen LogP contribution in [0.3, 0.4) is 0 Å². The fourth-order valence-corrected chi connectivity index (χ4v) is 6.36. The minimum Gasteiger partial charge on any atom is -0.457 e. The highest BCUT2D eigenvalue weighted by molar-refractivity contribution is 5.83. The van der Waals surface area contributed by atoms with E-state index >= 15 is 0 Å². The van der Waals surface area contributed by atoms with E-state index in [-0.39, 0.29) is 35.2 Å². The highest BCUT2D eigenvalue weighted by Crippen LogP contribution is 2.37. The third kappa shape index (κ3) is 7.21. The molecule has 48 heavy (non-hydrogen) atoms. The first kappa shape index (κ1) is 35.3. The summed E-state index contributed by atoms with van der Waals surface area (Å²) >= 11 is 0. The zero-order chi connectivity index (χ0) is 34.9. The van der Waals surface area contributed by atoms with E-state index in [0.29, 0.717) is 12.8 Å². The number of aliphatic hydroxyl groups excluding tert-OH is 3. The quantitative estimate of drug-likeness (QED) is 0.240. The molecular weight excluding hydrogens is 647 g/mol. The smallest absolute Gasteiger partial charge is 0.416 e. The van der Waals surface area contributed by atoms with E-state index in [1.807, 2.05) is 0 Å². The summed E-state index contributed by atoms with van der Waals surface area (Å²) in [4.78, 5) is 28.0. The summed E-state index contributed by atoms with van der Waals surface area (Å²) < 4.78 is 83.0. The van der Waals surface area contributed by atoms with Gasteiger partial charge in [-0.05, 0) is 43.5 Å². The molecule has 1 aliphatic heterocycles. The predicted octanol–water partition coefficient (Wildman–Crippen LogP) is 3.48. The Labute approximate surface area is 271 Å². The molecule has 0 spiro atoms. The molecule has 260 valence electrons. The van der Waals surface area contributed by atoms with E-state index in [9.17, 15) is 46.9 Å². The third-order valence-electron chi connectivity index (χ3n) is 8.85. The number of halogens is 5. The number of nitrogens with zero attached hydrogens (tertiary/aromatic N) is 4. The van der Waals surface area contributed by atoms with Crippen molar-refractivity contribution in [2.75, 3.05) is 6.61 Å². The lowest BCUT2D eigenvalue weighted by atomic mass is 9.88. The van der Waals surface area contributed by atoms with Crippen molar-refractivity contribution in [1.29, 1.82) is 0 Å². The van der Waals surface area contributed by atoms with Gasteiger partial charge in [0.25, 0.3) is 5.91 Å². The Morgan fingerprint density at radius 2 is 1.77 bits per heavy atom. The summed E-state index contributed by atoms with van der Waals surface area (Å²) in [6.45, 7) is 0.831. The van der Waals surface area contributed by atoms with Crippen LogP contribution in [0.1, 0.15) is 55.3 Å². The summed E-state index contributed by atoms with van der Waals surface area (Å²) in [5.41, 5.74) is -1.54. The molecule has 1 saturated heterocycles. The van der Waals surface area contributed by atoms with Crippen LogP contribution in [-0.2, 0) is 31.8 Å². The maximum Gasteiger partial charge on any atom is 0.416 e. The Bertz CT molecular complexity index is 1610. The Balaban J connectivity index is 1.57. The van der Waals surface area contributed by atoms with Crippen LogP contribution in [0.4, 0.5) is 22.0 Å². The molecule has 5 rings (SSSR count). The Morgan fingerprint density at radius 3 is 2.40 bits per heavy atom. The summed E-state index contributed by atoms with van der Waals surface area (Å²) in [7, 11) is 0. The molecule has 2 fully saturated rings. The number of hydrogen-bond acceptors (Lipinski definition) is 9. The topological polar surface area (TPSA) is 147 Å². The second-order valence-electron chi connectivity index (χ2n) is 12.0. The van der Waals surface area contributed by atoms with E-state index in [2.05, 4.69) is 10.3 Å². The van der Waals surface area contributed by atoms with E-state index in [1.54, 1.807) is 0 Å². The van der Waals surface area contributed by atoms with E-state index in [0.717, 1.165) is 34.7 Å². The van der Waals surface area contributed by atoms with Gasteiger partial charge in [0.15, 0.2) is 12.2 Å². The van der Waals surface area contributed by atoms with Gasteiger partial charge in [-0.3, -0.25) is 9.59 Å². The lowest BCUT2D eigenvalue weighted by Crippen LogP contribution is -2.63. The highest BCUT2D eigenvalue weighted by Gasteiger charge is 2.53. The fraction of sp³-hybridized carbons (Fsp3) is 0.500. The molecule has 1 aliphatic carbocycles. The Morgan fingerprint density at radius 1 is 1.10 bits per heavy atom. The minimum absolute atomic E-state index is 0.0143. The van der Waals surface area contributed by atoms with Gasteiger partial charge in [0.2, 0.25) is 0 Å². The molecule has 2 heterocycles. The monoisotopic (exact) mass is 682 g/mol. The van der Waals surface area contributed by atoms with Gasteiger partial charge >= 0.3 is 12.1 Å². The van der Waals surface area contributed by atoms with Gasteiger partial charge in [-0.25, -0.2) is 13.5 Å². The number of aromatic nitrogens is 3. The van der Waals surface area contributed by atoms with Crippen molar-refractivity contribution >= 4 is 11.9 Å². The maximum absolute atomic E-state index is 14.5. The lowest BCUT2D eigenvalue weighted by molar-refractivity contribution is -0.223. The molecule has 0 radical (unpaired) electrons. The molecule has 0 unspecified atom stereocenters. The highest BCUT2D eigenvalue weighted by atomic mass is 19.4. The maximum atomic E-state index is 14.5. The summed E-state index contributed by atoms with van der Waals surface area (Å²) in [5.74, 6) is -3.60. The number of alkyl halides is 3. The van der Waals surface area contributed by atoms with Gasteiger partial charge in [0, 0.05) is 24.6 Å². The number of amides is 1. The first-order valence-electron chi connectivity index (χ1n) is 15.3. The molecule has 16 heteroatoms. The number of carbonyl (C=O) groups excluding carboxylic acids is 2. The van der Waals surface area contributed by atoms with Gasteiger partial charge < -0.3 is 29.7 Å². The van der Waals surface area contributed by atoms with Crippen LogP contribution in [0.5, 0.6) is 0 Å². The van der Waals surface area contributed by atoms with Crippen LogP contribution in [0, 0.1) is 18.6 Å². The molecule has 3 N–H and O–H groups in total. The Hall–Kier alpha value is -3.99. The van der Waals surface area contributed by atoms with Crippen molar-refractivity contribution in [2.24, 2.45) is 0 Å². The number of benzene rings is 2. The average molecular weight is 683 g/mol. The number of carbonyl (C=O) groups is 2. The van der Waals surface area contributed by atoms with Crippen LogP contribution in [-0.4, -0.2) is 90.3 Å². The van der Waals surface area contributed by atoms with Crippen molar-refractivity contribution in [3.05, 3.63) is 70.9 Å². The van der Waals surface area contributed by atoms with Crippen molar-refractivity contribution in [3.63, 3.8) is 0 Å². The SMILES string of the molecule is CC(=O)O[C@@H]1[C@@H](n2cc(-c3cc(F)c(C)c(F)c3)nn2)[C@@H](O)[C@@H](CO)O[C@H]1C(=O)N(Cc1ccccc1C(F)(F)F)[C@H]1CCCC[C@@H]1O. The second-order valence-corrected chi connectivity index (χ2v) is 12.0. The first-order valence-corrected chi connectivity index (χ1v) is 15.3. The standard InChI is InChI=1S/C32H35F5N4O7/c1-16-21(33)11-19(12-22(16)34)23-14-41(39-38-23)27-28(45)26(15-42)48-30(29(27)47-17(2)43)31(46)40(24-9-5-6-10-25(24)44)13-18-7-3-4-8-20(18)32(35,36)37/h3-4,7-8,11-12,14,24-30,42,44-45H,5-6,9-10,13,15H2,1-2H3/t24-,25-,26+,27-,28-,29+,30+/m0/s1. The van der Waals surface area contributed by atoms with Crippen molar-refractivity contribution in [1.82, 2.24) is 19.9 Å². The van der Waals surface area contributed by atoms with E-state index < -0.39 is 91.0 Å². The molecule has 1 amide bonds. The normalized spacial score (nSPS) is 26.2. The molecule has 1 saturated carbocycles. The molecule has 0 bridgehead atoms. The predicted molar refractivity (Wildman–Crippen MR) is 157 cm³/mol. The number of esters is 1. The van der Waals surface area contributed by atoms with Crippen LogP contribution < -0.4 is 0 Å². The number of aliphatic hydroxyl groups is 3. The molecule has 2 aromatic carbocycles. The van der Waals surface area contributed by atoms with E-state index in [1.165, 1.54) is 31.3 Å². The molecule has 7 atom stereocenters. The molecule has 2 aliphatic rings. The summed E-state index contributed by atoms with van der Waals surface area (Å²) in [6, 6.07) is 4.28. The largest absolute Gasteiger partial charge is 0.457 e. The van der Waals surface area contributed by atoms with Crippen molar-refractivity contribution in [3.8, 4) is 11.3 Å². The van der Waals surface area contributed by atoms with Gasteiger partial charge in [0.1, 0.15) is 35.6 Å². The minimum atomic E-state index is -4.76. The first-order chi connectivity index (χ1) is 22.7. The van der Waals surface area contributed by atoms with Gasteiger partial charge in [-0.2, -0.15) is 13.2 Å². The van der Waals surface area contributed by atoms with Crippen LogP contribution in [0.2, 0.25) is 0 Å². The van der Waals surface area contributed by atoms with Crippen molar-refractivity contribution in [2.45, 2.75) is 94.9 Å². The summed E-state index contributed by atoms with van der Waals surface area (Å²) in [5, 5.41) is 40.3. The molecular formula is C32H35F5N4O7. The van der Waals surface area contributed by atoms with E-state index in [4.69, 9.17) is 9.47 Å². The zero-order valence-corrected chi connectivity index (χ0v) is 26.0. The van der Waals surface area contributed by atoms with Gasteiger partial charge in [-0.15, -0.1) is 5.10 Å².